The van der Waals surface area contributed by atoms with Gasteiger partial charge in [0, 0.05) is 52.5 Å². The highest BCUT2D eigenvalue weighted by Crippen LogP contribution is 2.52. The Kier molecular flexibility index (Phi) is 14.4. The summed E-state index contributed by atoms with van der Waals surface area (Å²) in [6.45, 7) is 22.2. The number of rotatable bonds is 9. The van der Waals surface area contributed by atoms with Crippen molar-refractivity contribution in [3.05, 3.63) is 208 Å². The smallest absolute Gasteiger partial charge is 0.144 e. The SMILES string of the molecule is C=C1/C=C\C=C/N(c2ccc(\C=C/C(=C\CNc3ccc4c(c3)C(C)(C)C3=C4C=C(C4=CCCC=C4)CC3)C(/C=C\C)=C/C)cc2)c2ccc3c4c(oc3c21)CCC=C4.CC.CC. The molecule has 1 aromatic heterocycles. The molecule has 5 aliphatic rings. The van der Waals surface area contributed by atoms with Gasteiger partial charge < -0.3 is 14.6 Å². The van der Waals surface area contributed by atoms with Gasteiger partial charge in [0.1, 0.15) is 11.3 Å². The lowest BCUT2D eigenvalue weighted by Crippen LogP contribution is -2.18. The molecule has 0 spiro atoms. The minimum Gasteiger partial charge on any atom is -0.460 e. The van der Waals surface area contributed by atoms with E-state index in [4.69, 9.17) is 4.42 Å². The number of aryl methyl sites for hydroxylation is 1. The molecule has 3 aromatic carbocycles. The lowest BCUT2D eigenvalue weighted by Gasteiger charge is -2.27. The Labute approximate surface area is 378 Å². The molecule has 0 saturated heterocycles. The van der Waals surface area contributed by atoms with Crippen molar-refractivity contribution in [2.75, 3.05) is 16.8 Å². The number of anilines is 3. The number of fused-ring (bicyclic) bond motifs is 7. The van der Waals surface area contributed by atoms with Gasteiger partial charge in [-0.1, -0.05) is 157 Å². The highest BCUT2D eigenvalue weighted by atomic mass is 16.3. The van der Waals surface area contributed by atoms with Crippen LogP contribution in [0.3, 0.4) is 0 Å². The maximum atomic E-state index is 6.55. The van der Waals surface area contributed by atoms with Gasteiger partial charge in [0.05, 0.1) is 5.69 Å². The number of furan rings is 1. The molecule has 0 fully saturated rings. The average molecular weight is 831 g/mol. The standard InChI is InChI=1S/C56H54N2O.2C2H6/c1-6-15-40(7-2)42(33-34-57-44-26-29-46-49-36-43(41-17-9-8-10-18-41)25-31-50(49)56(4,5)51(46)37-44)24-21-39-22-27-45(28-23-39)58-35-14-13-16-38(3)54-52(58)32-30-48-47-19-11-12-20-53(47)59-55(48)54;2*1-2/h6-7,9,11,13-19,21-24,26-30,32-33,35-37,57H,3,8,10,12,20,25,31,34H2,1-2,4-5H3;2*1-2H3/b15-6-,16-13-,24-21-,35-14-,40-7+,42-33+;;. The van der Waals surface area contributed by atoms with Crippen LogP contribution in [0, 0.1) is 0 Å². The maximum absolute atomic E-state index is 6.55. The Hall–Kier alpha value is -6.32. The molecule has 4 aromatic rings. The van der Waals surface area contributed by atoms with E-state index in [1.165, 1.54) is 44.6 Å². The predicted octanol–water partition coefficient (Wildman–Crippen LogP) is 17.3. The van der Waals surface area contributed by atoms with E-state index in [0.29, 0.717) is 6.54 Å². The molecule has 0 radical (unpaired) electrons. The largest absolute Gasteiger partial charge is 0.460 e. The van der Waals surface area contributed by atoms with Gasteiger partial charge in [-0.15, -0.1) is 0 Å². The van der Waals surface area contributed by atoms with Crippen LogP contribution in [-0.2, 0) is 11.8 Å². The van der Waals surface area contributed by atoms with Crippen molar-refractivity contribution in [2.24, 2.45) is 0 Å². The molecule has 1 N–H and O–H groups in total. The Balaban J connectivity index is 0.00000145. The lowest BCUT2D eigenvalue weighted by atomic mass is 9.77. The van der Waals surface area contributed by atoms with E-state index in [0.717, 1.165) is 89.0 Å². The molecule has 2 heterocycles. The second kappa shape index (κ2) is 20.2. The first-order valence-corrected chi connectivity index (χ1v) is 23.4. The highest BCUT2D eigenvalue weighted by Gasteiger charge is 2.38. The maximum Gasteiger partial charge on any atom is 0.144 e. The van der Waals surface area contributed by atoms with Crippen LogP contribution < -0.4 is 10.2 Å². The lowest BCUT2D eigenvalue weighted by molar-refractivity contribution is 0.545. The van der Waals surface area contributed by atoms with E-state index in [2.05, 4.69) is 196 Å². The summed E-state index contributed by atoms with van der Waals surface area (Å²) in [6.07, 6.45) is 42.0. The minimum atomic E-state index is 0.0194. The fourth-order valence-corrected chi connectivity index (χ4v) is 9.51. The van der Waals surface area contributed by atoms with Crippen LogP contribution in [0.15, 0.2) is 179 Å². The zero-order valence-corrected chi connectivity index (χ0v) is 38.9. The Morgan fingerprint density at radius 2 is 1.65 bits per heavy atom. The second-order valence-electron chi connectivity index (χ2n) is 16.6. The fraction of sp³-hybridized carbons (Fsp3) is 0.267. The minimum absolute atomic E-state index is 0.0194. The molecule has 0 atom stereocenters. The third-order valence-corrected chi connectivity index (χ3v) is 12.6. The number of nitrogens with zero attached hydrogens (tertiary/aromatic N) is 1. The van der Waals surface area contributed by atoms with Gasteiger partial charge in [-0.2, -0.15) is 0 Å². The van der Waals surface area contributed by atoms with Crippen LogP contribution in [0.5, 0.6) is 0 Å². The van der Waals surface area contributed by atoms with Crippen LogP contribution >= 0.6 is 0 Å². The van der Waals surface area contributed by atoms with Crippen molar-refractivity contribution in [2.45, 2.75) is 99.3 Å². The second-order valence-corrected chi connectivity index (χ2v) is 16.6. The van der Waals surface area contributed by atoms with Crippen LogP contribution in [0.25, 0.3) is 34.3 Å². The van der Waals surface area contributed by atoms with Gasteiger partial charge in [-0.3, -0.25) is 0 Å². The van der Waals surface area contributed by atoms with E-state index >= 15 is 0 Å². The molecule has 0 saturated carbocycles. The Bertz CT molecular complexity index is 2700. The summed E-state index contributed by atoms with van der Waals surface area (Å²) in [5.74, 6) is 1.06. The number of hydrogen-bond donors (Lipinski definition) is 1. The third kappa shape index (κ3) is 9.11. The van der Waals surface area contributed by atoms with Crippen LogP contribution in [-0.4, -0.2) is 6.54 Å². The normalized spacial score (nSPS) is 18.6. The number of benzene rings is 3. The van der Waals surface area contributed by atoms with Gasteiger partial charge in [-0.05, 0) is 139 Å². The number of allylic oxidation sites excluding steroid dienone is 19. The number of hydrogen-bond acceptors (Lipinski definition) is 3. The van der Waals surface area contributed by atoms with Crippen molar-refractivity contribution in [3.63, 3.8) is 0 Å². The van der Waals surface area contributed by atoms with Crippen molar-refractivity contribution in [3.8, 4) is 0 Å². The molecule has 0 amide bonds. The first-order chi connectivity index (χ1) is 30.8. The van der Waals surface area contributed by atoms with E-state index in [9.17, 15) is 0 Å². The molecule has 0 unspecified atom stereocenters. The van der Waals surface area contributed by atoms with E-state index < -0.39 is 0 Å². The van der Waals surface area contributed by atoms with E-state index in [1.54, 1.807) is 5.57 Å². The fourth-order valence-electron chi connectivity index (χ4n) is 9.51. The van der Waals surface area contributed by atoms with Crippen molar-refractivity contribution in [1.29, 1.82) is 0 Å². The van der Waals surface area contributed by atoms with Crippen LogP contribution in [0.2, 0.25) is 0 Å². The molecular weight excluding hydrogens is 765 g/mol. The molecule has 0 bridgehead atoms. The zero-order chi connectivity index (χ0) is 44.5. The summed E-state index contributed by atoms with van der Waals surface area (Å²) >= 11 is 0. The molecule has 9 rings (SSSR count). The zero-order valence-electron chi connectivity index (χ0n) is 38.9. The van der Waals surface area contributed by atoms with Crippen LogP contribution in [0.1, 0.15) is 121 Å². The monoisotopic (exact) mass is 831 g/mol. The van der Waals surface area contributed by atoms with Crippen LogP contribution in [0.4, 0.5) is 17.1 Å². The molecular formula is C60H66N2O. The summed E-state index contributed by atoms with van der Waals surface area (Å²) in [5.41, 5.74) is 19.7. The summed E-state index contributed by atoms with van der Waals surface area (Å²) in [6, 6.07) is 20.2. The van der Waals surface area contributed by atoms with E-state index in [1.807, 2.05) is 27.7 Å². The third-order valence-electron chi connectivity index (χ3n) is 12.6. The highest BCUT2D eigenvalue weighted by molar-refractivity contribution is 6.03. The Morgan fingerprint density at radius 3 is 2.41 bits per heavy atom. The molecule has 3 heteroatoms. The van der Waals surface area contributed by atoms with Crippen molar-refractivity contribution >= 4 is 51.3 Å². The topological polar surface area (TPSA) is 28.4 Å². The Morgan fingerprint density at radius 1 is 0.841 bits per heavy atom. The van der Waals surface area contributed by atoms with Crippen molar-refractivity contribution < 1.29 is 4.42 Å². The molecule has 322 valence electrons. The van der Waals surface area contributed by atoms with Gasteiger partial charge in [0.15, 0.2) is 0 Å². The van der Waals surface area contributed by atoms with Gasteiger partial charge in [-0.25, -0.2) is 0 Å². The summed E-state index contributed by atoms with van der Waals surface area (Å²) < 4.78 is 6.55. The van der Waals surface area contributed by atoms with Gasteiger partial charge in [0.25, 0.3) is 0 Å². The molecule has 63 heavy (non-hydrogen) atoms. The van der Waals surface area contributed by atoms with Gasteiger partial charge >= 0.3 is 0 Å². The molecule has 1 aliphatic heterocycles. The summed E-state index contributed by atoms with van der Waals surface area (Å²) in [5, 5.41) is 4.90. The quantitative estimate of drug-likeness (QED) is 0.170. The first kappa shape index (κ1) is 44.7. The predicted molar refractivity (Wildman–Crippen MR) is 276 cm³/mol. The first-order valence-electron chi connectivity index (χ1n) is 23.4. The van der Waals surface area contributed by atoms with Crippen molar-refractivity contribution in [1.82, 2.24) is 0 Å². The van der Waals surface area contributed by atoms with E-state index in [-0.39, 0.29) is 5.41 Å². The van der Waals surface area contributed by atoms with Gasteiger partial charge in [0.2, 0.25) is 0 Å². The molecule has 3 nitrogen and oxygen atoms in total. The molecule has 4 aliphatic carbocycles. The number of nitrogens with one attached hydrogen (secondary N) is 1. The summed E-state index contributed by atoms with van der Waals surface area (Å²) in [4.78, 5) is 2.24. The summed E-state index contributed by atoms with van der Waals surface area (Å²) in [7, 11) is 0. The average Bonchev–Trinajstić information content (AvgIpc) is 3.81.